The third-order valence-electron chi connectivity index (χ3n) is 5.88. The molecule has 0 aliphatic carbocycles. The Morgan fingerprint density at radius 1 is 1.14 bits per heavy atom. The van der Waals surface area contributed by atoms with E-state index in [-0.39, 0.29) is 11.8 Å². The van der Waals surface area contributed by atoms with Crippen LogP contribution in [-0.2, 0) is 30.2 Å². The number of aryl methyl sites for hydroxylation is 1. The van der Waals surface area contributed by atoms with E-state index in [1.54, 1.807) is 47.2 Å². The van der Waals surface area contributed by atoms with Crippen LogP contribution < -0.4 is 0 Å². The number of carbonyl (C=O) groups is 1. The van der Waals surface area contributed by atoms with Crippen LogP contribution in [-0.4, -0.2) is 72.7 Å². The first kappa shape index (κ1) is 20.0. The second-order valence-electron chi connectivity index (χ2n) is 8.01. The fraction of sp³-hybridized carbons (Fsp3) is 0.667. The van der Waals surface area contributed by atoms with Gasteiger partial charge in [0, 0.05) is 39.1 Å². The van der Waals surface area contributed by atoms with Crippen LogP contribution in [0.15, 0.2) is 12.5 Å². The number of fused-ring (bicyclic) bond motifs is 1. The molecule has 0 aromatic carbocycles. The van der Waals surface area contributed by atoms with E-state index >= 15 is 0 Å². The van der Waals surface area contributed by atoms with Crippen LogP contribution in [0.3, 0.4) is 0 Å². The number of aromatic nitrogens is 5. The van der Waals surface area contributed by atoms with Gasteiger partial charge in [-0.2, -0.15) is 0 Å². The molecule has 1 amide bonds. The first-order valence-corrected chi connectivity index (χ1v) is 11.5. The Bertz CT molecular complexity index is 1000. The number of imidazole rings is 1. The SMILES string of the molecule is CC(C)S(=O)(=O)N1CCC(c2nnc3n2CCN(C(=O)c2cncn2C)C3)CC1. The van der Waals surface area contributed by atoms with Crippen molar-refractivity contribution in [2.45, 2.75) is 50.9 Å². The number of hydrogen-bond donors (Lipinski definition) is 0. The van der Waals surface area contributed by atoms with Gasteiger partial charge in [-0.25, -0.2) is 17.7 Å². The molecule has 0 unspecified atom stereocenters. The van der Waals surface area contributed by atoms with Crippen LogP contribution in [0, 0.1) is 0 Å². The summed E-state index contributed by atoms with van der Waals surface area (Å²) in [4.78, 5) is 18.5. The van der Waals surface area contributed by atoms with Crippen LogP contribution in [0.5, 0.6) is 0 Å². The van der Waals surface area contributed by atoms with Gasteiger partial charge in [0.25, 0.3) is 5.91 Å². The van der Waals surface area contributed by atoms with Crippen LogP contribution in [0.1, 0.15) is 54.7 Å². The van der Waals surface area contributed by atoms with E-state index in [4.69, 9.17) is 0 Å². The molecule has 29 heavy (non-hydrogen) atoms. The number of sulfonamides is 1. The van der Waals surface area contributed by atoms with Crippen LogP contribution in [0.4, 0.5) is 0 Å². The van der Waals surface area contributed by atoms with Crippen molar-refractivity contribution in [3.63, 3.8) is 0 Å². The van der Waals surface area contributed by atoms with Gasteiger partial charge in [-0.1, -0.05) is 0 Å². The van der Waals surface area contributed by atoms with Gasteiger partial charge in [0.2, 0.25) is 10.0 Å². The van der Waals surface area contributed by atoms with Crippen LogP contribution in [0.25, 0.3) is 0 Å². The molecule has 2 aliphatic heterocycles. The monoisotopic (exact) mass is 421 g/mol. The molecule has 2 aliphatic rings. The summed E-state index contributed by atoms with van der Waals surface area (Å²) in [6.45, 7) is 6.10. The van der Waals surface area contributed by atoms with Crippen molar-refractivity contribution >= 4 is 15.9 Å². The highest BCUT2D eigenvalue weighted by Crippen LogP contribution is 2.30. The number of amides is 1. The van der Waals surface area contributed by atoms with Crippen molar-refractivity contribution < 1.29 is 13.2 Å². The largest absolute Gasteiger partial charge is 0.330 e. The molecular weight excluding hydrogens is 394 g/mol. The third-order valence-corrected chi connectivity index (χ3v) is 8.16. The smallest absolute Gasteiger partial charge is 0.272 e. The second kappa shape index (κ2) is 7.52. The molecule has 0 N–H and O–H groups in total. The molecule has 2 aromatic heterocycles. The lowest BCUT2D eigenvalue weighted by Gasteiger charge is -2.33. The standard InChI is InChI=1S/C18H27N7O3S/c1-13(2)29(27,28)24-6-4-14(5-7-24)17-21-20-16-11-23(8-9-25(16)17)18(26)15-10-19-12-22(15)3/h10,12-14H,4-9,11H2,1-3H3. The van der Waals surface area contributed by atoms with Crippen molar-refractivity contribution in [3.05, 3.63) is 29.9 Å². The molecular formula is C18H27N7O3S. The number of piperidine rings is 1. The van der Waals surface area contributed by atoms with E-state index in [1.807, 2.05) is 0 Å². The number of carbonyl (C=O) groups excluding carboxylic acids is 1. The summed E-state index contributed by atoms with van der Waals surface area (Å²) >= 11 is 0. The Balaban J connectivity index is 1.44. The normalized spacial score (nSPS) is 19.0. The maximum absolute atomic E-state index is 12.7. The molecule has 11 heteroatoms. The molecule has 4 heterocycles. The van der Waals surface area contributed by atoms with E-state index < -0.39 is 15.3 Å². The zero-order valence-corrected chi connectivity index (χ0v) is 17.8. The van der Waals surface area contributed by atoms with E-state index in [2.05, 4.69) is 19.7 Å². The third kappa shape index (κ3) is 3.57. The van der Waals surface area contributed by atoms with Crippen LogP contribution >= 0.6 is 0 Å². The van der Waals surface area contributed by atoms with Crippen molar-refractivity contribution in [2.24, 2.45) is 7.05 Å². The van der Waals surface area contributed by atoms with Gasteiger partial charge in [0.1, 0.15) is 11.5 Å². The van der Waals surface area contributed by atoms with Crippen molar-refractivity contribution in [1.82, 2.24) is 33.5 Å². The van der Waals surface area contributed by atoms with Crippen molar-refractivity contribution in [2.75, 3.05) is 19.6 Å². The quantitative estimate of drug-likeness (QED) is 0.715. The highest BCUT2D eigenvalue weighted by atomic mass is 32.2. The Morgan fingerprint density at radius 3 is 2.48 bits per heavy atom. The molecule has 158 valence electrons. The highest BCUT2D eigenvalue weighted by molar-refractivity contribution is 7.89. The summed E-state index contributed by atoms with van der Waals surface area (Å²) in [6.07, 6.45) is 4.67. The molecule has 1 fully saturated rings. The lowest BCUT2D eigenvalue weighted by Crippen LogP contribution is -2.42. The van der Waals surface area contributed by atoms with E-state index in [0.717, 1.165) is 24.5 Å². The Labute approximate surface area is 170 Å². The van der Waals surface area contributed by atoms with E-state index in [1.165, 1.54) is 0 Å². The Kier molecular flexibility index (Phi) is 5.19. The molecule has 0 bridgehead atoms. The summed E-state index contributed by atoms with van der Waals surface area (Å²) in [5.41, 5.74) is 0.553. The predicted molar refractivity (Wildman–Crippen MR) is 106 cm³/mol. The van der Waals surface area contributed by atoms with Gasteiger partial charge in [0.15, 0.2) is 5.82 Å². The number of hydrogen-bond acceptors (Lipinski definition) is 6. The number of rotatable bonds is 4. The summed E-state index contributed by atoms with van der Waals surface area (Å²) in [7, 11) is -1.41. The van der Waals surface area contributed by atoms with Gasteiger partial charge in [0.05, 0.1) is 24.3 Å². The summed E-state index contributed by atoms with van der Waals surface area (Å²) < 4.78 is 30.2. The van der Waals surface area contributed by atoms with Crippen LogP contribution in [0.2, 0.25) is 0 Å². The average molecular weight is 422 g/mol. The zero-order valence-electron chi connectivity index (χ0n) is 17.0. The average Bonchev–Trinajstić information content (AvgIpc) is 3.33. The highest BCUT2D eigenvalue weighted by Gasteiger charge is 2.34. The minimum absolute atomic E-state index is 0.0620. The molecule has 0 radical (unpaired) electrons. The summed E-state index contributed by atoms with van der Waals surface area (Å²) in [5, 5.41) is 8.34. The van der Waals surface area contributed by atoms with E-state index in [9.17, 15) is 13.2 Å². The van der Waals surface area contributed by atoms with Gasteiger partial charge in [-0.15, -0.1) is 10.2 Å². The maximum Gasteiger partial charge on any atom is 0.272 e. The van der Waals surface area contributed by atoms with Gasteiger partial charge in [-0.3, -0.25) is 4.79 Å². The lowest BCUT2D eigenvalue weighted by molar-refractivity contribution is 0.0696. The first-order valence-electron chi connectivity index (χ1n) is 9.95. The molecule has 10 nitrogen and oxygen atoms in total. The fourth-order valence-corrected chi connectivity index (χ4v) is 5.36. The Hall–Kier alpha value is -2.27. The topological polar surface area (TPSA) is 106 Å². The molecule has 0 atom stereocenters. The minimum atomic E-state index is -3.21. The fourth-order valence-electron chi connectivity index (χ4n) is 4.05. The predicted octanol–water partition coefficient (Wildman–Crippen LogP) is 0.585. The van der Waals surface area contributed by atoms with Crippen molar-refractivity contribution in [3.8, 4) is 0 Å². The summed E-state index contributed by atoms with van der Waals surface area (Å²) in [6, 6.07) is 0. The lowest BCUT2D eigenvalue weighted by atomic mass is 9.97. The molecule has 0 saturated carbocycles. The molecule has 4 rings (SSSR count). The first-order chi connectivity index (χ1) is 13.8. The van der Waals surface area contributed by atoms with E-state index in [0.29, 0.717) is 38.4 Å². The minimum Gasteiger partial charge on any atom is -0.330 e. The summed E-state index contributed by atoms with van der Waals surface area (Å²) in [5.74, 6) is 1.82. The Morgan fingerprint density at radius 2 is 1.86 bits per heavy atom. The molecule has 0 spiro atoms. The van der Waals surface area contributed by atoms with Gasteiger partial charge >= 0.3 is 0 Å². The van der Waals surface area contributed by atoms with Gasteiger partial charge in [-0.05, 0) is 26.7 Å². The second-order valence-corrected chi connectivity index (χ2v) is 10.5. The van der Waals surface area contributed by atoms with Gasteiger partial charge < -0.3 is 14.0 Å². The zero-order chi connectivity index (χ0) is 20.8. The number of nitrogens with zero attached hydrogens (tertiary/aromatic N) is 7. The molecule has 1 saturated heterocycles. The molecule has 2 aromatic rings. The van der Waals surface area contributed by atoms with Crippen molar-refractivity contribution in [1.29, 1.82) is 0 Å². The maximum atomic E-state index is 12.7.